The van der Waals surface area contributed by atoms with E-state index in [0.29, 0.717) is 12.8 Å². The van der Waals surface area contributed by atoms with E-state index in [1.807, 2.05) is 0 Å². The standard InChI is InChI=1S/C14H17NO2/c1-9-14(2)3-4-15(9)7-10-5-12-13(6-11(10)14)17-8-16-12/h5-6,9H,3-4,7-8H2,1-2H3. The molecule has 0 saturated carbocycles. The zero-order valence-corrected chi connectivity index (χ0v) is 10.3. The van der Waals surface area contributed by atoms with Crippen molar-refractivity contribution in [3.05, 3.63) is 23.3 Å². The summed E-state index contributed by atoms with van der Waals surface area (Å²) in [6.45, 7) is 7.37. The van der Waals surface area contributed by atoms with Gasteiger partial charge in [-0.1, -0.05) is 6.92 Å². The average molecular weight is 231 g/mol. The van der Waals surface area contributed by atoms with Crippen molar-refractivity contribution >= 4 is 0 Å². The molecule has 3 unspecified atom stereocenters. The van der Waals surface area contributed by atoms with Gasteiger partial charge in [0.2, 0.25) is 6.79 Å². The first-order chi connectivity index (χ1) is 8.18. The summed E-state index contributed by atoms with van der Waals surface area (Å²) < 4.78 is 11.0. The van der Waals surface area contributed by atoms with Gasteiger partial charge < -0.3 is 9.47 Å². The Morgan fingerprint density at radius 3 is 2.88 bits per heavy atom. The number of hydrogen-bond donors (Lipinski definition) is 0. The van der Waals surface area contributed by atoms with Crippen molar-refractivity contribution < 1.29 is 9.47 Å². The Kier molecular flexibility index (Phi) is 1.70. The van der Waals surface area contributed by atoms with Gasteiger partial charge in [-0.15, -0.1) is 0 Å². The van der Waals surface area contributed by atoms with E-state index >= 15 is 0 Å². The molecular formula is C14H17NO2. The molecule has 3 aliphatic heterocycles. The fraction of sp³-hybridized carbons (Fsp3) is 0.571. The lowest BCUT2D eigenvalue weighted by Gasteiger charge is -2.39. The Bertz CT molecular complexity index is 499. The van der Waals surface area contributed by atoms with Crippen molar-refractivity contribution in [1.82, 2.24) is 4.90 Å². The lowest BCUT2D eigenvalue weighted by molar-refractivity contribution is 0.174. The summed E-state index contributed by atoms with van der Waals surface area (Å²) in [6, 6.07) is 5.03. The molecule has 0 aromatic heterocycles. The van der Waals surface area contributed by atoms with Crippen LogP contribution in [0.3, 0.4) is 0 Å². The minimum Gasteiger partial charge on any atom is -0.454 e. The number of ether oxygens (including phenoxy) is 2. The topological polar surface area (TPSA) is 21.7 Å². The fourth-order valence-electron chi connectivity index (χ4n) is 3.62. The largest absolute Gasteiger partial charge is 0.454 e. The van der Waals surface area contributed by atoms with E-state index in [4.69, 9.17) is 9.47 Å². The van der Waals surface area contributed by atoms with E-state index in [-0.39, 0.29) is 5.41 Å². The van der Waals surface area contributed by atoms with Gasteiger partial charge in [-0.05, 0) is 43.1 Å². The highest BCUT2D eigenvalue weighted by Crippen LogP contribution is 2.49. The van der Waals surface area contributed by atoms with Gasteiger partial charge in [-0.25, -0.2) is 0 Å². The monoisotopic (exact) mass is 231 g/mol. The smallest absolute Gasteiger partial charge is 0.231 e. The van der Waals surface area contributed by atoms with Crippen LogP contribution in [-0.2, 0) is 12.0 Å². The Morgan fingerprint density at radius 2 is 2.06 bits per heavy atom. The van der Waals surface area contributed by atoms with Gasteiger partial charge in [0.15, 0.2) is 11.5 Å². The van der Waals surface area contributed by atoms with Gasteiger partial charge in [0.05, 0.1) is 0 Å². The molecule has 0 radical (unpaired) electrons. The van der Waals surface area contributed by atoms with Gasteiger partial charge in [0, 0.05) is 18.0 Å². The Balaban J connectivity index is 1.93. The molecule has 2 bridgehead atoms. The Hall–Kier alpha value is -1.22. The van der Waals surface area contributed by atoms with Crippen molar-refractivity contribution in [2.24, 2.45) is 0 Å². The van der Waals surface area contributed by atoms with Gasteiger partial charge in [0.25, 0.3) is 0 Å². The second-order valence-corrected chi connectivity index (χ2v) is 5.68. The van der Waals surface area contributed by atoms with Crippen molar-refractivity contribution in [3.8, 4) is 11.5 Å². The number of hydrogen-bond acceptors (Lipinski definition) is 3. The van der Waals surface area contributed by atoms with E-state index in [0.717, 1.165) is 18.0 Å². The molecule has 0 spiro atoms. The first-order valence-electron chi connectivity index (χ1n) is 6.35. The lowest BCUT2D eigenvalue weighted by atomic mass is 9.73. The third-order valence-corrected chi connectivity index (χ3v) is 4.98. The molecular weight excluding hydrogens is 214 g/mol. The first-order valence-corrected chi connectivity index (χ1v) is 6.35. The second-order valence-electron chi connectivity index (χ2n) is 5.68. The normalized spacial score (nSPS) is 37.1. The van der Waals surface area contributed by atoms with Crippen molar-refractivity contribution in [2.75, 3.05) is 13.3 Å². The maximum absolute atomic E-state index is 5.52. The van der Waals surface area contributed by atoms with Crippen LogP contribution in [0.1, 0.15) is 31.4 Å². The van der Waals surface area contributed by atoms with E-state index in [1.165, 1.54) is 24.1 Å². The maximum Gasteiger partial charge on any atom is 0.231 e. The van der Waals surface area contributed by atoms with Crippen molar-refractivity contribution in [2.45, 2.75) is 38.3 Å². The first kappa shape index (κ1) is 9.77. The number of nitrogens with zero attached hydrogens (tertiary/aromatic N) is 1. The summed E-state index contributed by atoms with van der Waals surface area (Å²) in [4.78, 5) is 2.57. The van der Waals surface area contributed by atoms with Crippen LogP contribution >= 0.6 is 0 Å². The van der Waals surface area contributed by atoms with Crippen molar-refractivity contribution in [1.29, 1.82) is 0 Å². The molecule has 0 amide bonds. The van der Waals surface area contributed by atoms with Crippen LogP contribution in [0, 0.1) is 0 Å². The SMILES string of the molecule is CC1N2CCC1(C)c1cc3c(cc1C2)OCO3. The third-order valence-electron chi connectivity index (χ3n) is 4.98. The molecule has 1 aromatic carbocycles. The van der Waals surface area contributed by atoms with E-state index in [1.54, 1.807) is 0 Å². The van der Waals surface area contributed by atoms with Crippen LogP contribution < -0.4 is 9.47 Å². The molecule has 3 atom stereocenters. The molecule has 1 saturated heterocycles. The molecule has 1 aromatic rings. The molecule has 90 valence electrons. The van der Waals surface area contributed by atoms with E-state index in [2.05, 4.69) is 30.9 Å². The summed E-state index contributed by atoms with van der Waals surface area (Å²) in [5, 5.41) is 0. The fourth-order valence-corrected chi connectivity index (χ4v) is 3.62. The molecule has 4 rings (SSSR count). The van der Waals surface area contributed by atoms with Crippen LogP contribution in [0.4, 0.5) is 0 Å². The second kappa shape index (κ2) is 2.96. The van der Waals surface area contributed by atoms with E-state index in [9.17, 15) is 0 Å². The Labute approximate surface area is 101 Å². The molecule has 3 heterocycles. The highest BCUT2D eigenvalue weighted by Gasteiger charge is 2.47. The minimum absolute atomic E-state index is 0.286. The molecule has 0 aliphatic carbocycles. The average Bonchev–Trinajstić information content (AvgIpc) is 2.83. The van der Waals surface area contributed by atoms with Gasteiger partial charge in [0.1, 0.15) is 0 Å². The van der Waals surface area contributed by atoms with Gasteiger partial charge in [-0.3, -0.25) is 4.90 Å². The highest BCUT2D eigenvalue weighted by molar-refractivity contribution is 5.53. The minimum atomic E-state index is 0.286. The number of fused-ring (bicyclic) bond motifs is 5. The van der Waals surface area contributed by atoms with Gasteiger partial charge in [-0.2, -0.15) is 0 Å². The van der Waals surface area contributed by atoms with Crippen LogP contribution in [-0.4, -0.2) is 24.3 Å². The molecule has 3 heteroatoms. The van der Waals surface area contributed by atoms with Crippen LogP contribution in [0.15, 0.2) is 12.1 Å². The maximum atomic E-state index is 5.52. The molecule has 17 heavy (non-hydrogen) atoms. The molecule has 3 aliphatic rings. The summed E-state index contributed by atoms with van der Waals surface area (Å²) >= 11 is 0. The molecule has 3 nitrogen and oxygen atoms in total. The summed E-state index contributed by atoms with van der Waals surface area (Å²) in [5.41, 5.74) is 3.18. The quantitative estimate of drug-likeness (QED) is 0.683. The van der Waals surface area contributed by atoms with Gasteiger partial charge >= 0.3 is 0 Å². The Morgan fingerprint density at radius 1 is 1.29 bits per heavy atom. The van der Waals surface area contributed by atoms with Crippen molar-refractivity contribution in [3.63, 3.8) is 0 Å². The van der Waals surface area contributed by atoms with E-state index < -0.39 is 0 Å². The summed E-state index contributed by atoms with van der Waals surface area (Å²) in [6.07, 6.45) is 1.25. The predicted octanol–water partition coefficient (Wildman–Crippen LogP) is 2.28. The molecule has 1 fully saturated rings. The highest BCUT2D eigenvalue weighted by atomic mass is 16.7. The zero-order valence-electron chi connectivity index (χ0n) is 10.3. The van der Waals surface area contributed by atoms with Crippen LogP contribution in [0.5, 0.6) is 11.5 Å². The number of rotatable bonds is 0. The summed E-state index contributed by atoms with van der Waals surface area (Å²) in [5.74, 6) is 1.85. The third kappa shape index (κ3) is 1.10. The predicted molar refractivity (Wildman–Crippen MR) is 64.4 cm³/mol. The number of benzene rings is 1. The van der Waals surface area contributed by atoms with Crippen LogP contribution in [0.2, 0.25) is 0 Å². The summed E-state index contributed by atoms with van der Waals surface area (Å²) in [7, 11) is 0. The van der Waals surface area contributed by atoms with Crippen LogP contribution in [0.25, 0.3) is 0 Å². The lowest BCUT2D eigenvalue weighted by Crippen LogP contribution is -2.42. The molecule has 0 N–H and O–H groups in total. The zero-order chi connectivity index (χ0) is 11.6.